The minimum atomic E-state index is -2.59. The number of thioether (sulfide) groups is 1. The zero-order valence-corrected chi connectivity index (χ0v) is 15.9. The fourth-order valence-corrected chi connectivity index (χ4v) is 3.60. The molecule has 9 heteroatoms. The molecular weight excluding hydrogens is 389 g/mol. The van der Waals surface area contributed by atoms with E-state index in [0.29, 0.717) is 25.9 Å². The molecule has 2 rings (SSSR count). The lowest BCUT2D eigenvalue weighted by atomic mass is 9.89. The largest absolute Gasteiger partial charge is 0.444 e. The Kier molecular flexibility index (Phi) is 6.77. The zero-order valence-electron chi connectivity index (χ0n) is 15.1. The van der Waals surface area contributed by atoms with Gasteiger partial charge in [-0.3, -0.25) is 0 Å². The lowest BCUT2D eigenvalue weighted by Crippen LogP contribution is -2.41. The summed E-state index contributed by atoms with van der Waals surface area (Å²) < 4.78 is 71.1. The molecule has 150 valence electrons. The van der Waals surface area contributed by atoms with E-state index in [9.17, 15) is 26.7 Å². The fourth-order valence-electron chi connectivity index (χ4n) is 2.80. The Hall–Kier alpha value is -1.77. The maximum absolute atomic E-state index is 14.1. The van der Waals surface area contributed by atoms with Crippen molar-refractivity contribution in [1.82, 2.24) is 4.90 Å². The van der Waals surface area contributed by atoms with Gasteiger partial charge >= 0.3 is 12.2 Å². The lowest BCUT2D eigenvalue weighted by Gasteiger charge is -2.34. The molecule has 1 fully saturated rings. The molecule has 0 N–H and O–H groups in total. The molecule has 1 saturated heterocycles. The molecule has 1 aliphatic heterocycles. The minimum absolute atomic E-state index is 0.130. The van der Waals surface area contributed by atoms with Gasteiger partial charge in [0.1, 0.15) is 5.60 Å². The molecule has 27 heavy (non-hydrogen) atoms. The van der Waals surface area contributed by atoms with Crippen LogP contribution in [0.4, 0.5) is 26.7 Å². The summed E-state index contributed by atoms with van der Waals surface area (Å²) >= 11 is -0.130. The van der Waals surface area contributed by atoms with Crippen LogP contribution in [0.15, 0.2) is 28.3 Å². The number of amides is 1. The number of likely N-dealkylation sites (tertiary alicyclic amines) is 1. The van der Waals surface area contributed by atoms with E-state index in [4.69, 9.17) is 4.74 Å². The van der Waals surface area contributed by atoms with Crippen molar-refractivity contribution >= 4 is 17.9 Å². The van der Waals surface area contributed by atoms with Crippen molar-refractivity contribution in [3.63, 3.8) is 0 Å². The lowest BCUT2D eigenvalue weighted by molar-refractivity contribution is 0.0204. The van der Waals surface area contributed by atoms with Gasteiger partial charge in [-0.2, -0.15) is 13.2 Å². The van der Waals surface area contributed by atoms with E-state index in [0.717, 1.165) is 6.07 Å². The molecule has 0 saturated carbocycles. The van der Waals surface area contributed by atoms with Crippen molar-refractivity contribution in [2.45, 2.75) is 50.0 Å². The van der Waals surface area contributed by atoms with Crippen LogP contribution < -0.4 is 0 Å². The van der Waals surface area contributed by atoms with E-state index in [1.807, 2.05) is 0 Å². The summed E-state index contributed by atoms with van der Waals surface area (Å²) in [6.45, 7) is 5.84. The highest BCUT2D eigenvalue weighted by Crippen LogP contribution is 2.41. The van der Waals surface area contributed by atoms with E-state index in [-0.39, 0.29) is 23.2 Å². The van der Waals surface area contributed by atoms with Gasteiger partial charge in [-0.05, 0) is 51.2 Å². The Labute approximate surface area is 158 Å². The Morgan fingerprint density at radius 3 is 2.26 bits per heavy atom. The van der Waals surface area contributed by atoms with E-state index in [1.165, 1.54) is 11.0 Å². The van der Waals surface area contributed by atoms with Gasteiger partial charge < -0.3 is 9.64 Å². The molecule has 0 spiro atoms. The van der Waals surface area contributed by atoms with Crippen molar-refractivity contribution in [2.24, 2.45) is 0 Å². The number of halogens is 5. The van der Waals surface area contributed by atoms with Gasteiger partial charge in [-0.15, -0.1) is 0 Å². The van der Waals surface area contributed by atoms with Crippen molar-refractivity contribution in [3.05, 3.63) is 40.6 Å². The maximum Gasteiger partial charge on any atom is 0.410 e. The molecule has 3 nitrogen and oxygen atoms in total. The number of benzene rings is 1. The average molecular weight is 409 g/mol. The van der Waals surface area contributed by atoms with Gasteiger partial charge in [-0.25, -0.2) is 13.6 Å². The first-order valence-electron chi connectivity index (χ1n) is 8.34. The fraction of sp³-hybridized carbons (Fsp3) is 0.500. The normalized spacial score (nSPS) is 15.6. The quantitative estimate of drug-likeness (QED) is 0.439. The molecule has 0 bridgehead atoms. The number of rotatable bonds is 3. The number of hydrogen-bond donors (Lipinski definition) is 0. The molecule has 1 aromatic carbocycles. The third kappa shape index (κ3) is 5.60. The van der Waals surface area contributed by atoms with E-state index in [2.05, 4.69) is 0 Å². The second kappa shape index (κ2) is 8.50. The zero-order chi connectivity index (χ0) is 20.4. The van der Waals surface area contributed by atoms with Crippen LogP contribution >= 0.6 is 11.8 Å². The number of hydrogen-bond acceptors (Lipinski definition) is 3. The third-order valence-corrected chi connectivity index (χ3v) is 4.96. The summed E-state index contributed by atoms with van der Waals surface area (Å²) in [5.74, 6) is -2.92. The number of carbonyl (C=O) groups is 1. The first kappa shape index (κ1) is 21.5. The Balaban J connectivity index is 2.17. The van der Waals surface area contributed by atoms with Crippen LogP contribution in [0.2, 0.25) is 0 Å². The van der Waals surface area contributed by atoms with Crippen LogP contribution in [-0.2, 0) is 4.74 Å². The SMILES string of the molecule is CC(C)(C)OC(=O)N1CCC(c2ccc(F)c(F)c2SC(F)=C(F)F)CC1. The molecule has 1 aliphatic rings. The molecule has 1 heterocycles. The smallest absolute Gasteiger partial charge is 0.410 e. The second-order valence-corrected chi connectivity index (χ2v) is 8.13. The van der Waals surface area contributed by atoms with Gasteiger partial charge in [0, 0.05) is 13.1 Å². The second-order valence-electron chi connectivity index (χ2n) is 7.16. The van der Waals surface area contributed by atoms with E-state index >= 15 is 0 Å². The highest BCUT2D eigenvalue weighted by molar-refractivity contribution is 8.03. The predicted octanol–water partition coefficient (Wildman–Crippen LogP) is 6.21. The molecule has 0 radical (unpaired) electrons. The summed E-state index contributed by atoms with van der Waals surface area (Å²) in [7, 11) is 0. The van der Waals surface area contributed by atoms with Crippen LogP contribution in [0.1, 0.15) is 45.1 Å². The van der Waals surface area contributed by atoms with Crippen LogP contribution in [0.3, 0.4) is 0 Å². The summed E-state index contributed by atoms with van der Waals surface area (Å²) in [5, 5.41) is -1.87. The van der Waals surface area contributed by atoms with Crippen LogP contribution in [-0.4, -0.2) is 29.7 Å². The number of ether oxygens (including phenoxy) is 1. The predicted molar refractivity (Wildman–Crippen MR) is 92.3 cm³/mol. The first-order chi connectivity index (χ1) is 12.5. The molecule has 0 atom stereocenters. The van der Waals surface area contributed by atoms with Gasteiger partial charge in [0.2, 0.25) is 5.16 Å². The molecule has 0 aliphatic carbocycles. The average Bonchev–Trinajstić information content (AvgIpc) is 2.57. The van der Waals surface area contributed by atoms with Crippen molar-refractivity contribution in [3.8, 4) is 0 Å². The molecule has 0 aromatic heterocycles. The number of piperidine rings is 1. The standard InChI is InChI=1S/C18H20F5NO2S/c1-18(2,3)26-17(25)24-8-6-10(7-9-24)11-4-5-12(19)13(20)14(11)27-16(23)15(21)22/h4-5,10H,6-9H2,1-3H3. The third-order valence-electron chi connectivity index (χ3n) is 4.01. The Morgan fingerprint density at radius 1 is 1.15 bits per heavy atom. The van der Waals surface area contributed by atoms with Gasteiger partial charge in [0.25, 0.3) is 0 Å². The Bertz CT molecular complexity index is 736. The molecule has 0 unspecified atom stereocenters. The minimum Gasteiger partial charge on any atom is -0.444 e. The van der Waals surface area contributed by atoms with Gasteiger partial charge in [0.15, 0.2) is 11.6 Å². The van der Waals surface area contributed by atoms with E-state index < -0.39 is 39.5 Å². The highest BCUT2D eigenvalue weighted by Gasteiger charge is 2.30. The van der Waals surface area contributed by atoms with E-state index in [1.54, 1.807) is 20.8 Å². The van der Waals surface area contributed by atoms with Crippen LogP contribution in [0.5, 0.6) is 0 Å². The van der Waals surface area contributed by atoms with Crippen LogP contribution in [0, 0.1) is 11.6 Å². The number of carbonyl (C=O) groups excluding carboxylic acids is 1. The van der Waals surface area contributed by atoms with Crippen LogP contribution in [0.25, 0.3) is 0 Å². The monoisotopic (exact) mass is 409 g/mol. The summed E-state index contributed by atoms with van der Waals surface area (Å²) in [4.78, 5) is 13.1. The number of nitrogens with zero attached hydrogens (tertiary/aromatic N) is 1. The maximum atomic E-state index is 14.1. The summed E-state index contributed by atoms with van der Waals surface area (Å²) in [6, 6.07) is 2.17. The van der Waals surface area contributed by atoms with Crippen molar-refractivity contribution in [1.29, 1.82) is 0 Å². The summed E-state index contributed by atoms with van der Waals surface area (Å²) in [6.07, 6.45) is -2.29. The molecule has 1 aromatic rings. The molecular formula is C18H20F5NO2S. The topological polar surface area (TPSA) is 29.5 Å². The Morgan fingerprint density at radius 2 is 1.74 bits per heavy atom. The highest BCUT2D eigenvalue weighted by atomic mass is 32.2. The van der Waals surface area contributed by atoms with Gasteiger partial charge in [0.05, 0.1) is 4.90 Å². The molecule has 1 amide bonds. The first-order valence-corrected chi connectivity index (χ1v) is 9.15. The summed E-state index contributed by atoms with van der Waals surface area (Å²) in [5.41, 5.74) is -0.392. The van der Waals surface area contributed by atoms with Crippen molar-refractivity contribution in [2.75, 3.05) is 13.1 Å². The van der Waals surface area contributed by atoms with Gasteiger partial charge in [-0.1, -0.05) is 17.8 Å². The van der Waals surface area contributed by atoms with Crippen molar-refractivity contribution < 1.29 is 31.5 Å².